The van der Waals surface area contributed by atoms with Gasteiger partial charge in [0.1, 0.15) is 0 Å². The first-order valence-corrected chi connectivity index (χ1v) is 8.64. The zero-order chi connectivity index (χ0) is 18.7. The average Bonchev–Trinajstić information content (AvgIpc) is 3.26. The summed E-state index contributed by atoms with van der Waals surface area (Å²) in [6, 6.07) is 9.96. The molecular formula is C17H17N5O3S. The number of furan rings is 1. The third-order valence-corrected chi connectivity index (χ3v) is 4.80. The van der Waals surface area contributed by atoms with Crippen molar-refractivity contribution in [2.75, 3.05) is 5.32 Å². The number of primary amides is 1. The first-order valence-electron chi connectivity index (χ1n) is 7.76. The summed E-state index contributed by atoms with van der Waals surface area (Å²) in [5, 5.41) is 11.2. The first-order chi connectivity index (χ1) is 12.5. The number of amides is 2. The molecule has 2 aromatic heterocycles. The molecule has 0 spiro atoms. The number of nitrogens with two attached hydrogens (primary N) is 1. The molecule has 0 aliphatic heterocycles. The fourth-order valence-electron chi connectivity index (χ4n) is 2.21. The van der Waals surface area contributed by atoms with E-state index in [4.69, 9.17) is 10.2 Å². The van der Waals surface area contributed by atoms with E-state index in [2.05, 4.69) is 15.5 Å². The van der Waals surface area contributed by atoms with Gasteiger partial charge in [0.25, 0.3) is 0 Å². The van der Waals surface area contributed by atoms with Crippen molar-refractivity contribution in [3.63, 3.8) is 0 Å². The molecule has 9 heteroatoms. The van der Waals surface area contributed by atoms with Crippen molar-refractivity contribution in [3.05, 3.63) is 48.2 Å². The predicted molar refractivity (Wildman–Crippen MR) is 97.6 cm³/mol. The Kier molecular flexibility index (Phi) is 5.08. The highest BCUT2D eigenvalue weighted by molar-refractivity contribution is 8.00. The predicted octanol–water partition coefficient (Wildman–Crippen LogP) is 2.29. The number of hydrogen-bond acceptors (Lipinski definition) is 6. The molecule has 2 heterocycles. The van der Waals surface area contributed by atoms with Crippen LogP contribution in [0.5, 0.6) is 0 Å². The van der Waals surface area contributed by atoms with Crippen molar-refractivity contribution in [3.8, 4) is 11.6 Å². The van der Waals surface area contributed by atoms with Crippen molar-refractivity contribution in [1.29, 1.82) is 0 Å². The molecule has 0 bridgehead atoms. The maximum Gasteiger partial charge on any atom is 0.248 e. The number of hydrogen-bond donors (Lipinski definition) is 2. The summed E-state index contributed by atoms with van der Waals surface area (Å²) in [6.07, 6.45) is 1.57. The van der Waals surface area contributed by atoms with Gasteiger partial charge in [0.15, 0.2) is 16.7 Å². The van der Waals surface area contributed by atoms with Gasteiger partial charge in [-0.3, -0.25) is 9.59 Å². The fourth-order valence-corrected chi connectivity index (χ4v) is 3.03. The number of rotatable bonds is 6. The Morgan fingerprint density at radius 3 is 2.58 bits per heavy atom. The van der Waals surface area contributed by atoms with Gasteiger partial charge in [-0.05, 0) is 43.3 Å². The van der Waals surface area contributed by atoms with Crippen LogP contribution in [0.25, 0.3) is 11.6 Å². The van der Waals surface area contributed by atoms with Gasteiger partial charge in [0.2, 0.25) is 11.8 Å². The molecule has 0 aliphatic rings. The number of carbonyl (C=O) groups is 2. The van der Waals surface area contributed by atoms with E-state index in [1.54, 1.807) is 54.2 Å². The van der Waals surface area contributed by atoms with Crippen LogP contribution in [0.3, 0.4) is 0 Å². The van der Waals surface area contributed by atoms with Crippen molar-refractivity contribution >= 4 is 29.3 Å². The normalized spacial score (nSPS) is 11.9. The third-order valence-electron chi connectivity index (χ3n) is 3.66. The van der Waals surface area contributed by atoms with E-state index < -0.39 is 11.2 Å². The van der Waals surface area contributed by atoms with Gasteiger partial charge < -0.3 is 20.0 Å². The molecule has 0 saturated carbocycles. The quantitative estimate of drug-likeness (QED) is 0.642. The van der Waals surface area contributed by atoms with Crippen molar-refractivity contribution in [2.45, 2.75) is 17.3 Å². The number of anilines is 1. The van der Waals surface area contributed by atoms with Crippen LogP contribution >= 0.6 is 11.8 Å². The highest BCUT2D eigenvalue weighted by Gasteiger charge is 2.20. The second-order valence-corrected chi connectivity index (χ2v) is 6.84. The number of carbonyl (C=O) groups excluding carboxylic acids is 2. The zero-order valence-corrected chi connectivity index (χ0v) is 15.0. The van der Waals surface area contributed by atoms with Gasteiger partial charge in [-0.2, -0.15) is 0 Å². The molecule has 0 radical (unpaired) electrons. The second kappa shape index (κ2) is 7.44. The zero-order valence-electron chi connectivity index (χ0n) is 14.2. The Morgan fingerprint density at radius 2 is 1.96 bits per heavy atom. The maximum absolute atomic E-state index is 12.4. The van der Waals surface area contributed by atoms with E-state index in [0.29, 0.717) is 28.0 Å². The molecule has 134 valence electrons. The summed E-state index contributed by atoms with van der Waals surface area (Å²) in [6.45, 7) is 1.78. The van der Waals surface area contributed by atoms with E-state index in [1.807, 2.05) is 7.05 Å². The Bertz CT molecular complexity index is 919. The van der Waals surface area contributed by atoms with Crippen LogP contribution in [0.2, 0.25) is 0 Å². The highest BCUT2D eigenvalue weighted by Crippen LogP contribution is 2.26. The van der Waals surface area contributed by atoms with Crippen LogP contribution < -0.4 is 11.1 Å². The summed E-state index contributed by atoms with van der Waals surface area (Å²) in [4.78, 5) is 23.5. The molecule has 0 aliphatic carbocycles. The molecule has 0 fully saturated rings. The summed E-state index contributed by atoms with van der Waals surface area (Å²) in [7, 11) is 1.81. The molecule has 3 rings (SSSR count). The second-order valence-electron chi connectivity index (χ2n) is 5.53. The monoisotopic (exact) mass is 371 g/mol. The Labute approximate surface area is 153 Å². The first kappa shape index (κ1) is 17.7. The van der Waals surface area contributed by atoms with E-state index in [9.17, 15) is 9.59 Å². The molecule has 1 unspecified atom stereocenters. The number of aromatic nitrogens is 3. The molecule has 3 N–H and O–H groups in total. The minimum absolute atomic E-state index is 0.190. The molecule has 8 nitrogen and oxygen atoms in total. The van der Waals surface area contributed by atoms with Gasteiger partial charge in [0.05, 0.1) is 11.5 Å². The Hall–Kier alpha value is -3.07. The van der Waals surface area contributed by atoms with Crippen molar-refractivity contribution < 1.29 is 14.0 Å². The minimum atomic E-state index is -0.513. The van der Waals surface area contributed by atoms with Crippen LogP contribution in [-0.2, 0) is 11.8 Å². The van der Waals surface area contributed by atoms with Crippen molar-refractivity contribution in [1.82, 2.24) is 14.8 Å². The van der Waals surface area contributed by atoms with E-state index in [1.165, 1.54) is 11.8 Å². The number of nitrogens with one attached hydrogen (secondary N) is 1. The lowest BCUT2D eigenvalue weighted by Crippen LogP contribution is -2.23. The summed E-state index contributed by atoms with van der Waals surface area (Å²) >= 11 is 1.29. The highest BCUT2D eigenvalue weighted by atomic mass is 32.2. The van der Waals surface area contributed by atoms with Crippen LogP contribution in [0.15, 0.2) is 52.2 Å². The van der Waals surface area contributed by atoms with E-state index in [-0.39, 0.29) is 5.91 Å². The van der Waals surface area contributed by atoms with E-state index in [0.717, 1.165) is 0 Å². The lowest BCUT2D eigenvalue weighted by atomic mass is 10.2. The summed E-state index contributed by atoms with van der Waals surface area (Å²) < 4.78 is 7.10. The van der Waals surface area contributed by atoms with Gasteiger partial charge in [-0.25, -0.2) is 0 Å². The minimum Gasteiger partial charge on any atom is -0.461 e. The largest absolute Gasteiger partial charge is 0.461 e. The van der Waals surface area contributed by atoms with Crippen molar-refractivity contribution in [2.24, 2.45) is 12.8 Å². The van der Waals surface area contributed by atoms with Crippen LogP contribution in [-0.4, -0.2) is 31.8 Å². The van der Waals surface area contributed by atoms with Gasteiger partial charge >= 0.3 is 0 Å². The SMILES string of the molecule is CC(Sc1nnc(-c2ccco2)n1C)C(=O)Nc1ccc(C(N)=O)cc1. The molecule has 3 aromatic rings. The third kappa shape index (κ3) is 3.77. The maximum atomic E-state index is 12.4. The van der Waals surface area contributed by atoms with Gasteiger partial charge in [-0.15, -0.1) is 10.2 Å². The van der Waals surface area contributed by atoms with E-state index >= 15 is 0 Å². The average molecular weight is 371 g/mol. The Balaban J connectivity index is 1.65. The summed E-state index contributed by atoms with van der Waals surface area (Å²) in [5.74, 6) is 0.497. The number of thioether (sulfide) groups is 1. The standard InChI is InChI=1S/C17H17N5O3S/c1-10(16(24)19-12-7-5-11(6-8-12)14(18)23)26-17-21-20-15(22(17)2)13-4-3-9-25-13/h3-10H,1-2H3,(H2,18,23)(H,19,24). The molecule has 1 aromatic carbocycles. The molecule has 2 amide bonds. The fraction of sp³-hybridized carbons (Fsp3) is 0.176. The molecule has 0 saturated heterocycles. The lowest BCUT2D eigenvalue weighted by molar-refractivity contribution is -0.115. The Morgan fingerprint density at radius 1 is 1.23 bits per heavy atom. The van der Waals surface area contributed by atoms with Gasteiger partial charge in [0, 0.05) is 18.3 Å². The molecular weight excluding hydrogens is 354 g/mol. The number of nitrogens with zero attached hydrogens (tertiary/aromatic N) is 3. The summed E-state index contributed by atoms with van der Waals surface area (Å²) in [5.41, 5.74) is 6.17. The number of benzene rings is 1. The molecule has 26 heavy (non-hydrogen) atoms. The van der Waals surface area contributed by atoms with Crippen LogP contribution in [0.1, 0.15) is 17.3 Å². The van der Waals surface area contributed by atoms with Crippen LogP contribution in [0, 0.1) is 0 Å². The van der Waals surface area contributed by atoms with Gasteiger partial charge in [-0.1, -0.05) is 11.8 Å². The smallest absolute Gasteiger partial charge is 0.248 e. The molecule has 1 atom stereocenters. The van der Waals surface area contributed by atoms with Crippen LogP contribution in [0.4, 0.5) is 5.69 Å². The lowest BCUT2D eigenvalue weighted by Gasteiger charge is -2.11. The topological polar surface area (TPSA) is 116 Å².